The summed E-state index contributed by atoms with van der Waals surface area (Å²) in [5.74, 6) is 0.570. The molecular formula is C14H20N2O3S. The minimum atomic E-state index is -3.58. The van der Waals surface area contributed by atoms with E-state index in [1.165, 1.54) is 12.1 Å². The van der Waals surface area contributed by atoms with Crippen LogP contribution in [0.3, 0.4) is 0 Å². The second-order valence-corrected chi connectivity index (χ2v) is 6.60. The molecule has 0 aliphatic heterocycles. The molecule has 5 nitrogen and oxygen atoms in total. The molecule has 1 aromatic rings. The van der Waals surface area contributed by atoms with E-state index < -0.39 is 10.0 Å². The monoisotopic (exact) mass is 296 g/mol. The molecule has 0 aliphatic carbocycles. The van der Waals surface area contributed by atoms with E-state index in [-0.39, 0.29) is 11.4 Å². The van der Waals surface area contributed by atoms with Crippen molar-refractivity contribution in [2.24, 2.45) is 5.92 Å². The number of hydrogen-bond donors (Lipinski definition) is 1. The van der Waals surface area contributed by atoms with E-state index in [0.717, 1.165) is 6.42 Å². The third kappa shape index (κ3) is 5.70. The lowest BCUT2D eigenvalue weighted by molar-refractivity contribution is 0.128. The van der Waals surface area contributed by atoms with Gasteiger partial charge in [-0.3, -0.25) is 0 Å². The third-order valence-electron chi connectivity index (χ3n) is 2.65. The number of nitrogens with one attached hydrogen (secondary N) is 1. The van der Waals surface area contributed by atoms with Gasteiger partial charge in [0.2, 0.25) is 10.0 Å². The second kappa shape index (κ2) is 8.00. The molecule has 0 amide bonds. The fraction of sp³-hybridized carbons (Fsp3) is 0.500. The average molecular weight is 296 g/mol. The summed E-state index contributed by atoms with van der Waals surface area (Å²) >= 11 is 0. The zero-order chi connectivity index (χ0) is 15.0. The van der Waals surface area contributed by atoms with Gasteiger partial charge in [-0.25, -0.2) is 13.1 Å². The number of benzene rings is 1. The number of hydrogen-bond acceptors (Lipinski definition) is 4. The number of nitriles is 1. The van der Waals surface area contributed by atoms with Crippen LogP contribution in [0.1, 0.15) is 25.8 Å². The van der Waals surface area contributed by atoms with Crippen molar-refractivity contribution in [1.29, 1.82) is 5.26 Å². The highest BCUT2D eigenvalue weighted by atomic mass is 32.2. The molecule has 0 atom stereocenters. The molecule has 0 saturated carbocycles. The van der Waals surface area contributed by atoms with Crippen molar-refractivity contribution in [3.63, 3.8) is 0 Å². The molecular weight excluding hydrogens is 276 g/mol. The number of rotatable bonds is 8. The lowest BCUT2D eigenvalue weighted by atomic mass is 10.1. The van der Waals surface area contributed by atoms with Gasteiger partial charge in [-0.2, -0.15) is 5.26 Å². The topological polar surface area (TPSA) is 79.2 Å². The highest BCUT2D eigenvalue weighted by molar-refractivity contribution is 7.89. The van der Waals surface area contributed by atoms with Crippen molar-refractivity contribution in [2.45, 2.75) is 25.2 Å². The summed E-state index contributed by atoms with van der Waals surface area (Å²) in [5.41, 5.74) is 0.320. The van der Waals surface area contributed by atoms with Crippen molar-refractivity contribution < 1.29 is 13.2 Å². The fourth-order valence-electron chi connectivity index (χ4n) is 1.49. The highest BCUT2D eigenvalue weighted by Crippen LogP contribution is 2.10. The molecule has 0 unspecified atom stereocenters. The summed E-state index contributed by atoms with van der Waals surface area (Å²) in [6.07, 6.45) is 0.955. The van der Waals surface area contributed by atoms with Gasteiger partial charge in [-0.15, -0.1) is 0 Å². The summed E-state index contributed by atoms with van der Waals surface area (Å²) < 4.78 is 31.7. The van der Waals surface area contributed by atoms with Crippen molar-refractivity contribution in [3.8, 4) is 6.07 Å². The molecule has 0 spiro atoms. The molecule has 0 aromatic heterocycles. The molecule has 0 bridgehead atoms. The van der Waals surface area contributed by atoms with Crippen LogP contribution >= 0.6 is 0 Å². The molecule has 20 heavy (non-hydrogen) atoms. The van der Waals surface area contributed by atoms with Crippen LogP contribution in [0.5, 0.6) is 0 Å². The summed E-state index contributed by atoms with van der Waals surface area (Å²) in [4.78, 5) is 0.0960. The predicted molar refractivity (Wildman–Crippen MR) is 76.6 cm³/mol. The maximum absolute atomic E-state index is 12.0. The van der Waals surface area contributed by atoms with Crippen LogP contribution in [0.25, 0.3) is 0 Å². The number of ether oxygens (including phenoxy) is 1. The first kappa shape index (κ1) is 16.6. The number of nitrogens with zero attached hydrogens (tertiary/aromatic N) is 1. The first-order valence-corrected chi connectivity index (χ1v) is 8.01. The molecule has 0 saturated heterocycles. The van der Waals surface area contributed by atoms with Gasteiger partial charge in [0.1, 0.15) is 0 Å². The maximum Gasteiger partial charge on any atom is 0.240 e. The van der Waals surface area contributed by atoms with Crippen LogP contribution in [0.2, 0.25) is 0 Å². The van der Waals surface area contributed by atoms with Crippen molar-refractivity contribution in [1.82, 2.24) is 4.72 Å². The Morgan fingerprint density at radius 1 is 1.35 bits per heavy atom. The zero-order valence-corrected chi connectivity index (χ0v) is 12.6. The smallest absolute Gasteiger partial charge is 0.240 e. The Kier molecular flexibility index (Phi) is 6.65. The Hall–Kier alpha value is -1.42. The molecule has 0 radical (unpaired) electrons. The van der Waals surface area contributed by atoms with Crippen LogP contribution in [0.4, 0.5) is 0 Å². The van der Waals surface area contributed by atoms with Crippen molar-refractivity contribution in [2.75, 3.05) is 19.8 Å². The Morgan fingerprint density at radius 2 is 2.10 bits per heavy atom. The van der Waals surface area contributed by atoms with Crippen LogP contribution in [0.15, 0.2) is 29.2 Å². The Balaban J connectivity index is 2.44. The van der Waals surface area contributed by atoms with Crippen molar-refractivity contribution >= 4 is 10.0 Å². The van der Waals surface area contributed by atoms with Gasteiger partial charge in [-0.1, -0.05) is 19.9 Å². The van der Waals surface area contributed by atoms with Gasteiger partial charge in [0.05, 0.1) is 23.1 Å². The van der Waals surface area contributed by atoms with Gasteiger partial charge in [0.25, 0.3) is 0 Å². The SMILES string of the molecule is CC(C)CCOCCNS(=O)(=O)c1cccc(C#N)c1. The maximum atomic E-state index is 12.0. The normalized spacial score (nSPS) is 11.5. The van der Waals surface area contributed by atoms with Gasteiger partial charge >= 0.3 is 0 Å². The second-order valence-electron chi connectivity index (χ2n) is 4.83. The van der Waals surface area contributed by atoms with Crippen LogP contribution in [0, 0.1) is 17.2 Å². The van der Waals surface area contributed by atoms with E-state index in [9.17, 15) is 8.42 Å². The van der Waals surface area contributed by atoms with Crippen LogP contribution in [-0.2, 0) is 14.8 Å². The minimum Gasteiger partial charge on any atom is -0.380 e. The summed E-state index contributed by atoms with van der Waals surface area (Å²) in [5, 5.41) is 8.76. The Morgan fingerprint density at radius 3 is 2.75 bits per heavy atom. The molecule has 0 aliphatic rings. The highest BCUT2D eigenvalue weighted by Gasteiger charge is 2.13. The molecule has 1 N–H and O–H groups in total. The van der Waals surface area contributed by atoms with E-state index in [4.69, 9.17) is 10.00 Å². The van der Waals surface area contributed by atoms with E-state index in [0.29, 0.717) is 24.7 Å². The van der Waals surface area contributed by atoms with E-state index in [1.807, 2.05) is 6.07 Å². The van der Waals surface area contributed by atoms with E-state index >= 15 is 0 Å². The summed E-state index contributed by atoms with van der Waals surface area (Å²) in [7, 11) is -3.58. The lowest BCUT2D eigenvalue weighted by Crippen LogP contribution is -2.27. The molecule has 6 heteroatoms. The Labute approximate surface area is 120 Å². The summed E-state index contributed by atoms with van der Waals surface area (Å²) in [6, 6.07) is 7.84. The quantitative estimate of drug-likeness (QED) is 0.743. The standard InChI is InChI=1S/C14H20N2O3S/c1-12(2)6-8-19-9-7-16-20(17,18)14-5-3-4-13(10-14)11-15/h3-5,10,12,16H,6-9H2,1-2H3. The Bertz CT molecular complexity index is 562. The van der Waals surface area contributed by atoms with Crippen molar-refractivity contribution in [3.05, 3.63) is 29.8 Å². The lowest BCUT2D eigenvalue weighted by Gasteiger charge is -2.08. The molecule has 110 valence electrons. The largest absolute Gasteiger partial charge is 0.380 e. The predicted octanol–water partition coefficient (Wildman–Crippen LogP) is 1.90. The first-order chi connectivity index (χ1) is 9.45. The molecule has 1 rings (SSSR count). The molecule has 0 fully saturated rings. The fourth-order valence-corrected chi connectivity index (χ4v) is 2.54. The van der Waals surface area contributed by atoms with Gasteiger partial charge in [-0.05, 0) is 30.5 Å². The van der Waals surface area contributed by atoms with E-state index in [1.54, 1.807) is 12.1 Å². The molecule has 1 aromatic carbocycles. The van der Waals surface area contributed by atoms with Gasteiger partial charge in [0.15, 0.2) is 0 Å². The summed E-state index contributed by atoms with van der Waals surface area (Å²) in [6.45, 7) is 5.40. The van der Waals surface area contributed by atoms with Gasteiger partial charge in [0, 0.05) is 13.2 Å². The number of sulfonamides is 1. The molecule has 0 heterocycles. The van der Waals surface area contributed by atoms with Gasteiger partial charge < -0.3 is 4.74 Å². The first-order valence-electron chi connectivity index (χ1n) is 6.53. The average Bonchev–Trinajstić information content (AvgIpc) is 2.42. The van der Waals surface area contributed by atoms with Crippen LogP contribution in [-0.4, -0.2) is 28.2 Å². The zero-order valence-electron chi connectivity index (χ0n) is 11.8. The van der Waals surface area contributed by atoms with E-state index in [2.05, 4.69) is 18.6 Å². The van der Waals surface area contributed by atoms with Crippen LogP contribution < -0.4 is 4.72 Å². The minimum absolute atomic E-state index is 0.0960. The third-order valence-corrected chi connectivity index (χ3v) is 4.11.